The van der Waals surface area contributed by atoms with E-state index in [4.69, 9.17) is 15.0 Å². The lowest BCUT2D eigenvalue weighted by Gasteiger charge is -2.37. The number of likely N-dealkylation sites (tertiary alicyclic amines) is 1. The second-order valence-electron chi connectivity index (χ2n) is 9.02. The van der Waals surface area contributed by atoms with Crippen molar-refractivity contribution in [3.05, 3.63) is 65.7 Å². The van der Waals surface area contributed by atoms with Crippen LogP contribution in [-0.2, 0) is 11.3 Å². The maximum Gasteiger partial charge on any atom is 0.258 e. The van der Waals surface area contributed by atoms with Crippen LogP contribution >= 0.6 is 0 Å². The van der Waals surface area contributed by atoms with Crippen molar-refractivity contribution >= 4 is 16.7 Å². The largest absolute Gasteiger partial charge is 0.490 e. The highest BCUT2D eigenvalue weighted by Crippen LogP contribution is 2.33. The number of nitriles is 1. The number of nitrogens with two attached hydrogens (primary N) is 1. The monoisotopic (exact) mass is 467 g/mol. The van der Waals surface area contributed by atoms with Gasteiger partial charge in [-0.25, -0.2) is 0 Å². The number of aromatic nitrogens is 2. The molecule has 1 saturated heterocycles. The van der Waals surface area contributed by atoms with E-state index in [0.29, 0.717) is 41.7 Å². The number of fused-ring (bicyclic) bond motifs is 1. The Morgan fingerprint density at radius 2 is 1.97 bits per heavy atom. The summed E-state index contributed by atoms with van der Waals surface area (Å²) < 4.78 is 11.3. The zero-order valence-corrected chi connectivity index (χ0v) is 19.6. The number of rotatable bonds is 7. The number of carbonyl (C=O) groups excluding carboxylic acids is 1. The van der Waals surface area contributed by atoms with Gasteiger partial charge in [-0.3, -0.25) is 9.69 Å². The minimum absolute atomic E-state index is 0.0371. The standard InChI is InChI=1S/C27H25N5O3/c1-16(2)34-24-10-8-17(11-19(24)12-28)27-30-26(31-35-27)23-9-7-18(21-5-3-4-6-22(21)23)13-32-14-20(15-32)25(29)33/h3-11,16,20H,13-15H2,1-2H3,(H2,29,33). The smallest absolute Gasteiger partial charge is 0.258 e. The van der Waals surface area contributed by atoms with E-state index >= 15 is 0 Å². The fourth-order valence-corrected chi connectivity index (χ4v) is 4.37. The maximum absolute atomic E-state index is 11.3. The Labute approximate surface area is 202 Å². The molecule has 2 heterocycles. The Bertz CT molecular complexity index is 1450. The third-order valence-corrected chi connectivity index (χ3v) is 6.14. The lowest BCUT2D eigenvalue weighted by atomic mass is 9.95. The molecule has 8 nitrogen and oxygen atoms in total. The quantitative estimate of drug-likeness (QED) is 0.434. The molecule has 0 bridgehead atoms. The molecule has 1 fully saturated rings. The minimum Gasteiger partial charge on any atom is -0.490 e. The van der Waals surface area contributed by atoms with E-state index in [0.717, 1.165) is 28.4 Å². The summed E-state index contributed by atoms with van der Waals surface area (Å²) >= 11 is 0. The van der Waals surface area contributed by atoms with Crippen LogP contribution in [0.3, 0.4) is 0 Å². The first kappa shape index (κ1) is 22.6. The maximum atomic E-state index is 11.3. The summed E-state index contributed by atoms with van der Waals surface area (Å²) in [5.74, 6) is 1.03. The fraction of sp³-hybridized carbons (Fsp3) is 0.259. The van der Waals surface area contributed by atoms with Gasteiger partial charge in [0, 0.05) is 30.8 Å². The Morgan fingerprint density at radius 1 is 1.20 bits per heavy atom. The van der Waals surface area contributed by atoms with Crippen molar-refractivity contribution in [3.8, 4) is 34.7 Å². The first-order valence-corrected chi connectivity index (χ1v) is 11.5. The zero-order valence-electron chi connectivity index (χ0n) is 19.6. The average molecular weight is 468 g/mol. The van der Waals surface area contributed by atoms with Crippen molar-refractivity contribution in [1.82, 2.24) is 15.0 Å². The molecule has 0 spiro atoms. The lowest BCUT2D eigenvalue weighted by Crippen LogP contribution is -2.51. The van der Waals surface area contributed by atoms with Crippen molar-refractivity contribution in [2.45, 2.75) is 26.5 Å². The number of amides is 1. The molecule has 0 aliphatic carbocycles. The van der Waals surface area contributed by atoms with E-state index in [1.54, 1.807) is 12.1 Å². The summed E-state index contributed by atoms with van der Waals surface area (Å²) in [7, 11) is 0. The molecule has 2 N–H and O–H groups in total. The molecule has 35 heavy (non-hydrogen) atoms. The molecule has 0 saturated carbocycles. The van der Waals surface area contributed by atoms with Gasteiger partial charge in [0.15, 0.2) is 0 Å². The second-order valence-corrected chi connectivity index (χ2v) is 9.02. The first-order valence-electron chi connectivity index (χ1n) is 11.5. The topological polar surface area (TPSA) is 118 Å². The number of hydrogen-bond donors (Lipinski definition) is 1. The van der Waals surface area contributed by atoms with E-state index < -0.39 is 0 Å². The summed E-state index contributed by atoms with van der Waals surface area (Å²) in [5.41, 5.74) is 8.49. The zero-order chi connectivity index (χ0) is 24.5. The summed E-state index contributed by atoms with van der Waals surface area (Å²) in [6.07, 6.45) is -0.0371. The minimum atomic E-state index is -0.238. The lowest BCUT2D eigenvalue weighted by molar-refractivity contribution is -0.127. The van der Waals surface area contributed by atoms with E-state index in [1.807, 2.05) is 44.2 Å². The molecule has 1 amide bonds. The molecule has 1 aromatic heterocycles. The second kappa shape index (κ2) is 9.20. The van der Waals surface area contributed by atoms with E-state index in [1.165, 1.54) is 0 Å². The molecule has 0 radical (unpaired) electrons. The molecular formula is C27H25N5O3. The van der Waals surface area contributed by atoms with Crippen LogP contribution in [0.4, 0.5) is 0 Å². The van der Waals surface area contributed by atoms with Crippen molar-refractivity contribution in [2.75, 3.05) is 13.1 Å². The summed E-state index contributed by atoms with van der Waals surface area (Å²) in [6.45, 7) is 5.94. The summed E-state index contributed by atoms with van der Waals surface area (Å²) in [6, 6.07) is 19.6. The molecule has 1 aliphatic rings. The van der Waals surface area contributed by atoms with Crippen LogP contribution in [0.5, 0.6) is 5.75 Å². The Kier molecular flexibility index (Phi) is 5.93. The van der Waals surface area contributed by atoms with Crippen molar-refractivity contribution < 1.29 is 14.1 Å². The van der Waals surface area contributed by atoms with Crippen LogP contribution in [-0.4, -0.2) is 40.1 Å². The van der Waals surface area contributed by atoms with Crippen LogP contribution < -0.4 is 10.5 Å². The van der Waals surface area contributed by atoms with Crippen molar-refractivity contribution in [2.24, 2.45) is 11.7 Å². The molecule has 8 heteroatoms. The van der Waals surface area contributed by atoms with Gasteiger partial charge in [0.1, 0.15) is 11.8 Å². The van der Waals surface area contributed by atoms with Crippen LogP contribution in [0.1, 0.15) is 25.0 Å². The van der Waals surface area contributed by atoms with Crippen LogP contribution in [0.25, 0.3) is 33.6 Å². The molecule has 0 atom stereocenters. The highest BCUT2D eigenvalue weighted by molar-refractivity contribution is 5.97. The Morgan fingerprint density at radius 3 is 2.69 bits per heavy atom. The third kappa shape index (κ3) is 4.46. The number of benzene rings is 3. The SMILES string of the molecule is CC(C)Oc1ccc(-c2nc(-c3ccc(CN4CC(C(N)=O)C4)c4ccccc34)no2)cc1C#N. The molecule has 3 aromatic carbocycles. The molecule has 1 aliphatic heterocycles. The summed E-state index contributed by atoms with van der Waals surface area (Å²) in [4.78, 5) is 18.2. The highest BCUT2D eigenvalue weighted by atomic mass is 16.5. The summed E-state index contributed by atoms with van der Waals surface area (Å²) in [5, 5.41) is 15.9. The third-order valence-electron chi connectivity index (χ3n) is 6.14. The molecular weight excluding hydrogens is 442 g/mol. The van der Waals surface area contributed by atoms with E-state index in [2.05, 4.69) is 33.2 Å². The van der Waals surface area contributed by atoms with Crippen LogP contribution in [0.15, 0.2) is 59.1 Å². The predicted molar refractivity (Wildman–Crippen MR) is 131 cm³/mol. The molecule has 176 valence electrons. The van der Waals surface area contributed by atoms with Gasteiger partial charge in [0.05, 0.1) is 17.6 Å². The molecule has 0 unspecified atom stereocenters. The van der Waals surface area contributed by atoms with Crippen molar-refractivity contribution in [3.63, 3.8) is 0 Å². The van der Waals surface area contributed by atoms with Crippen LogP contribution in [0, 0.1) is 17.2 Å². The van der Waals surface area contributed by atoms with E-state index in [9.17, 15) is 10.1 Å². The normalized spacial score (nSPS) is 14.1. The fourth-order valence-electron chi connectivity index (χ4n) is 4.37. The van der Waals surface area contributed by atoms with Gasteiger partial charge in [-0.05, 0) is 48.4 Å². The Hall–Kier alpha value is -4.22. The van der Waals surface area contributed by atoms with Gasteiger partial charge in [0.2, 0.25) is 11.7 Å². The van der Waals surface area contributed by atoms with Gasteiger partial charge >= 0.3 is 0 Å². The number of ether oxygens (including phenoxy) is 1. The number of hydrogen-bond acceptors (Lipinski definition) is 7. The Balaban J connectivity index is 1.44. The van der Waals surface area contributed by atoms with E-state index in [-0.39, 0.29) is 17.9 Å². The number of carbonyl (C=O) groups is 1. The molecule has 5 rings (SSSR count). The van der Waals surface area contributed by atoms with Crippen molar-refractivity contribution in [1.29, 1.82) is 5.26 Å². The van der Waals surface area contributed by atoms with Gasteiger partial charge in [-0.1, -0.05) is 41.6 Å². The van der Waals surface area contributed by atoms with Gasteiger partial charge in [-0.2, -0.15) is 10.2 Å². The van der Waals surface area contributed by atoms with Gasteiger partial charge in [0.25, 0.3) is 5.89 Å². The van der Waals surface area contributed by atoms with Crippen LogP contribution in [0.2, 0.25) is 0 Å². The average Bonchev–Trinajstić information content (AvgIpc) is 3.30. The predicted octanol–water partition coefficient (Wildman–Crippen LogP) is 4.13. The number of nitrogens with zero attached hydrogens (tertiary/aromatic N) is 4. The molecule has 4 aromatic rings. The highest BCUT2D eigenvalue weighted by Gasteiger charge is 2.31. The number of primary amides is 1. The van der Waals surface area contributed by atoms with Gasteiger partial charge in [-0.15, -0.1) is 0 Å². The van der Waals surface area contributed by atoms with Gasteiger partial charge < -0.3 is 15.0 Å². The first-order chi connectivity index (χ1) is 16.9.